The normalized spacial score (nSPS) is 23.1. The molecule has 1 aliphatic heterocycles. The van der Waals surface area contributed by atoms with Crippen LogP contribution in [-0.4, -0.2) is 18.2 Å². The molecule has 26 heavy (non-hydrogen) atoms. The Hall–Kier alpha value is -2.27. The van der Waals surface area contributed by atoms with Crippen LogP contribution in [0.5, 0.6) is 5.75 Å². The van der Waals surface area contributed by atoms with Crippen LogP contribution in [0.3, 0.4) is 0 Å². The fourth-order valence-corrected chi connectivity index (χ4v) is 4.68. The van der Waals surface area contributed by atoms with Gasteiger partial charge in [-0.25, -0.2) is 4.79 Å². The molecule has 5 heteroatoms. The van der Waals surface area contributed by atoms with E-state index in [2.05, 4.69) is 39.5 Å². The Morgan fingerprint density at radius 1 is 1.31 bits per heavy atom. The summed E-state index contributed by atoms with van der Waals surface area (Å²) in [5, 5.41) is 13.3. The van der Waals surface area contributed by atoms with Crippen molar-refractivity contribution in [2.75, 3.05) is 12.4 Å². The van der Waals surface area contributed by atoms with Crippen LogP contribution in [-0.2, 0) is 0 Å². The average molecular weight is 414 g/mol. The van der Waals surface area contributed by atoms with E-state index >= 15 is 0 Å². The van der Waals surface area contributed by atoms with E-state index in [0.717, 1.165) is 39.0 Å². The van der Waals surface area contributed by atoms with E-state index in [1.54, 1.807) is 13.2 Å². The Morgan fingerprint density at radius 2 is 2.12 bits per heavy atom. The summed E-state index contributed by atoms with van der Waals surface area (Å²) in [5.74, 6) is 0.309. The van der Waals surface area contributed by atoms with Crippen molar-refractivity contribution < 1.29 is 14.6 Å². The second-order valence-electron chi connectivity index (χ2n) is 6.89. The predicted octanol–water partition coefficient (Wildman–Crippen LogP) is 5.29. The topological polar surface area (TPSA) is 58.6 Å². The number of aryl methyl sites for hydroxylation is 1. The minimum absolute atomic E-state index is 0.0534. The van der Waals surface area contributed by atoms with Gasteiger partial charge >= 0.3 is 5.97 Å². The highest BCUT2D eigenvalue weighted by molar-refractivity contribution is 9.10. The summed E-state index contributed by atoms with van der Waals surface area (Å²) >= 11 is 3.56. The number of ether oxygens (including phenoxy) is 1. The number of rotatable bonds is 3. The molecule has 2 N–H and O–H groups in total. The molecule has 0 aromatic heterocycles. The van der Waals surface area contributed by atoms with Crippen molar-refractivity contribution in [3.05, 3.63) is 69.2 Å². The molecule has 1 heterocycles. The van der Waals surface area contributed by atoms with Gasteiger partial charge in [-0.15, -0.1) is 0 Å². The first-order valence-corrected chi connectivity index (χ1v) is 9.44. The van der Waals surface area contributed by atoms with Gasteiger partial charge < -0.3 is 15.2 Å². The number of methoxy groups -OCH3 is 1. The maximum atomic E-state index is 11.8. The van der Waals surface area contributed by atoms with Crippen LogP contribution in [0.15, 0.2) is 47.0 Å². The Morgan fingerprint density at radius 3 is 2.85 bits per heavy atom. The number of hydrogen-bond donors (Lipinski definition) is 2. The molecule has 0 radical (unpaired) electrons. The molecule has 134 valence electrons. The number of carboxylic acids is 1. The number of carboxylic acid groups (broad SMARTS) is 1. The van der Waals surface area contributed by atoms with Gasteiger partial charge in [0.1, 0.15) is 5.75 Å². The number of fused-ring (bicyclic) bond motifs is 3. The van der Waals surface area contributed by atoms with Crippen LogP contribution in [0.2, 0.25) is 0 Å². The summed E-state index contributed by atoms with van der Waals surface area (Å²) in [6, 6.07) is 9.68. The SMILES string of the molecule is COc1ccc(Br)cc1[C@@H]1Nc2c(C)ccc(C(=O)O)c2[C@H]2C=CC[C@H]21. The molecule has 0 bridgehead atoms. The number of anilines is 1. The van der Waals surface area contributed by atoms with Gasteiger partial charge in [0, 0.05) is 21.6 Å². The van der Waals surface area contributed by atoms with Crippen molar-refractivity contribution in [3.8, 4) is 5.75 Å². The van der Waals surface area contributed by atoms with Gasteiger partial charge in [-0.3, -0.25) is 0 Å². The van der Waals surface area contributed by atoms with Crippen LogP contribution in [0, 0.1) is 12.8 Å². The number of allylic oxidation sites excluding steroid dienone is 2. The standard InChI is InChI=1S/C21H20BrNO3/c1-11-6-8-15(21(24)25)18-13-4-3-5-14(13)20(23-19(11)18)16-10-12(22)7-9-17(16)26-2/h3-4,6-10,13-14,20,23H,5H2,1-2H3,(H,24,25)/t13-,14+,20+/m0/s1. The molecule has 0 unspecified atom stereocenters. The zero-order valence-electron chi connectivity index (χ0n) is 14.6. The third kappa shape index (κ3) is 2.62. The van der Waals surface area contributed by atoms with E-state index in [4.69, 9.17) is 4.74 Å². The van der Waals surface area contributed by atoms with Crippen molar-refractivity contribution in [1.29, 1.82) is 0 Å². The van der Waals surface area contributed by atoms with Crippen LogP contribution in [0.4, 0.5) is 5.69 Å². The lowest BCUT2D eigenvalue weighted by molar-refractivity contribution is 0.0695. The monoisotopic (exact) mass is 413 g/mol. The van der Waals surface area contributed by atoms with Gasteiger partial charge in [-0.2, -0.15) is 0 Å². The molecule has 0 amide bonds. The number of aromatic carboxylic acids is 1. The Labute approximate surface area is 161 Å². The predicted molar refractivity (Wildman–Crippen MR) is 105 cm³/mol. The van der Waals surface area contributed by atoms with Gasteiger partial charge in [-0.05, 0) is 54.7 Å². The molecule has 2 aromatic rings. The first kappa shape index (κ1) is 17.2. The van der Waals surface area contributed by atoms with Crippen LogP contribution < -0.4 is 10.1 Å². The van der Waals surface area contributed by atoms with Crippen molar-refractivity contribution in [2.45, 2.75) is 25.3 Å². The van der Waals surface area contributed by atoms with Crippen molar-refractivity contribution in [3.63, 3.8) is 0 Å². The fourth-order valence-electron chi connectivity index (χ4n) is 4.30. The van der Waals surface area contributed by atoms with E-state index in [1.165, 1.54) is 0 Å². The summed E-state index contributed by atoms with van der Waals surface area (Å²) in [6.07, 6.45) is 5.23. The maximum Gasteiger partial charge on any atom is 0.336 e. The Kier molecular flexibility index (Phi) is 4.27. The molecule has 1 aliphatic carbocycles. The van der Waals surface area contributed by atoms with Gasteiger partial charge in [-0.1, -0.05) is 34.1 Å². The maximum absolute atomic E-state index is 11.8. The highest BCUT2D eigenvalue weighted by atomic mass is 79.9. The molecule has 3 atom stereocenters. The third-order valence-electron chi connectivity index (χ3n) is 5.49. The van der Waals surface area contributed by atoms with Gasteiger partial charge in [0.05, 0.1) is 18.7 Å². The molecule has 4 nitrogen and oxygen atoms in total. The first-order valence-electron chi connectivity index (χ1n) is 8.64. The zero-order chi connectivity index (χ0) is 18.4. The van der Waals surface area contributed by atoms with E-state index in [9.17, 15) is 9.90 Å². The second-order valence-corrected chi connectivity index (χ2v) is 7.80. The van der Waals surface area contributed by atoms with E-state index < -0.39 is 5.97 Å². The summed E-state index contributed by atoms with van der Waals surface area (Å²) in [6.45, 7) is 2.02. The minimum atomic E-state index is -0.874. The van der Waals surface area contributed by atoms with Crippen LogP contribution >= 0.6 is 15.9 Å². The molecular weight excluding hydrogens is 394 g/mol. The lowest BCUT2D eigenvalue weighted by Gasteiger charge is -2.39. The number of carbonyl (C=O) groups is 1. The zero-order valence-corrected chi connectivity index (χ0v) is 16.2. The molecule has 2 aromatic carbocycles. The summed E-state index contributed by atoms with van der Waals surface area (Å²) in [4.78, 5) is 11.8. The number of halogens is 1. The van der Waals surface area contributed by atoms with Crippen molar-refractivity contribution in [2.24, 2.45) is 5.92 Å². The van der Waals surface area contributed by atoms with Crippen molar-refractivity contribution in [1.82, 2.24) is 0 Å². The largest absolute Gasteiger partial charge is 0.496 e. The van der Waals surface area contributed by atoms with E-state index in [1.807, 2.05) is 25.1 Å². The van der Waals surface area contributed by atoms with E-state index in [0.29, 0.717) is 5.56 Å². The quantitative estimate of drug-likeness (QED) is 0.670. The summed E-state index contributed by atoms with van der Waals surface area (Å²) in [5.41, 5.74) is 4.37. The van der Waals surface area contributed by atoms with E-state index in [-0.39, 0.29) is 17.9 Å². The lowest BCUT2D eigenvalue weighted by atomic mass is 9.74. The Bertz CT molecular complexity index is 922. The minimum Gasteiger partial charge on any atom is -0.496 e. The number of nitrogens with one attached hydrogen (secondary N) is 1. The highest BCUT2D eigenvalue weighted by Crippen LogP contribution is 2.53. The number of hydrogen-bond acceptors (Lipinski definition) is 3. The molecule has 0 saturated heterocycles. The molecular formula is C21H20BrNO3. The molecule has 0 saturated carbocycles. The van der Waals surface area contributed by atoms with Gasteiger partial charge in [0.15, 0.2) is 0 Å². The smallest absolute Gasteiger partial charge is 0.336 e. The third-order valence-corrected chi connectivity index (χ3v) is 5.98. The molecule has 2 aliphatic rings. The highest BCUT2D eigenvalue weighted by Gasteiger charge is 2.41. The second kappa shape index (κ2) is 6.47. The summed E-state index contributed by atoms with van der Waals surface area (Å²) in [7, 11) is 1.68. The molecule has 0 fully saturated rings. The number of benzene rings is 2. The first-order chi connectivity index (χ1) is 12.5. The van der Waals surface area contributed by atoms with Crippen LogP contribution in [0.25, 0.3) is 0 Å². The van der Waals surface area contributed by atoms with Crippen molar-refractivity contribution >= 4 is 27.6 Å². The average Bonchev–Trinajstić information content (AvgIpc) is 3.11. The summed E-state index contributed by atoms with van der Waals surface area (Å²) < 4.78 is 6.61. The fraction of sp³-hybridized carbons (Fsp3) is 0.286. The molecule has 0 spiro atoms. The van der Waals surface area contributed by atoms with Crippen LogP contribution in [0.1, 0.15) is 45.4 Å². The Balaban J connectivity index is 1.90. The van der Waals surface area contributed by atoms with Gasteiger partial charge in [0.2, 0.25) is 0 Å². The lowest BCUT2D eigenvalue weighted by Crippen LogP contribution is -2.31. The molecule has 4 rings (SSSR count). The van der Waals surface area contributed by atoms with Gasteiger partial charge in [0.25, 0.3) is 0 Å².